The number of fused-ring (bicyclic) bond motifs is 1. The number of amides is 2. The molecule has 1 aliphatic rings. The van der Waals surface area contributed by atoms with E-state index in [1.54, 1.807) is 26.0 Å². The Labute approximate surface area is 192 Å². The summed E-state index contributed by atoms with van der Waals surface area (Å²) in [7, 11) is 0. The Balaban J connectivity index is 1.90. The molecule has 5 N–H and O–H groups in total. The Morgan fingerprint density at radius 3 is 2.32 bits per heavy atom. The number of imide groups is 1. The van der Waals surface area contributed by atoms with Gasteiger partial charge < -0.3 is 16.4 Å². The van der Waals surface area contributed by atoms with Crippen molar-refractivity contribution in [2.24, 2.45) is 0 Å². The number of benzene rings is 2. The minimum absolute atomic E-state index is 0.230. The first-order chi connectivity index (χ1) is 13.0. The fourth-order valence-electron chi connectivity index (χ4n) is 2.87. The van der Waals surface area contributed by atoms with E-state index in [1.807, 2.05) is 12.1 Å². The van der Waals surface area contributed by atoms with Crippen LogP contribution in [0.2, 0.25) is 0 Å². The van der Waals surface area contributed by atoms with Gasteiger partial charge in [-0.15, -0.1) is 0 Å². The Hall–Kier alpha value is -1.49. The molecule has 0 saturated heterocycles. The fourth-order valence-corrected chi connectivity index (χ4v) is 5.54. The first-order valence-corrected chi connectivity index (χ1v) is 10.8. The van der Waals surface area contributed by atoms with E-state index in [4.69, 9.17) is 18.0 Å². The predicted octanol–water partition coefficient (Wildman–Crippen LogP) is 4.91. The molecule has 146 valence electrons. The second kappa shape index (κ2) is 7.74. The van der Waals surface area contributed by atoms with Crippen LogP contribution < -0.4 is 21.7 Å². The van der Waals surface area contributed by atoms with E-state index < -0.39 is 11.3 Å². The predicted molar refractivity (Wildman–Crippen MR) is 126 cm³/mol. The zero-order valence-corrected chi connectivity index (χ0v) is 20.3. The molecule has 2 aromatic carbocycles. The Bertz CT molecular complexity index is 1020. The highest BCUT2D eigenvalue weighted by Gasteiger charge is 2.40. The molecule has 2 amide bonds. The lowest BCUT2D eigenvalue weighted by atomic mass is 9.77. The summed E-state index contributed by atoms with van der Waals surface area (Å²) in [5.41, 5.74) is 7.68. The van der Waals surface area contributed by atoms with E-state index in [-0.39, 0.29) is 17.2 Å². The van der Waals surface area contributed by atoms with E-state index in [9.17, 15) is 9.59 Å². The summed E-state index contributed by atoms with van der Waals surface area (Å²) < 4.78 is 2.50. The number of thiocarbonyl (C=S) groups is 1. The van der Waals surface area contributed by atoms with E-state index in [0.717, 1.165) is 19.1 Å². The number of hydrogen-bond acceptors (Lipinski definition) is 4. The summed E-state index contributed by atoms with van der Waals surface area (Å²) in [6.45, 7) is 3.49. The van der Waals surface area contributed by atoms with Gasteiger partial charge in [-0.2, -0.15) is 0 Å². The lowest BCUT2D eigenvalue weighted by Gasteiger charge is -2.31. The summed E-state index contributed by atoms with van der Waals surface area (Å²) in [4.78, 5) is 24.5. The smallest absolute Gasteiger partial charge is 0.260 e. The number of halogens is 3. The van der Waals surface area contributed by atoms with Crippen LogP contribution in [0.3, 0.4) is 0 Å². The van der Waals surface area contributed by atoms with Crippen molar-refractivity contribution in [3.63, 3.8) is 0 Å². The number of carbonyl (C=O) groups is 2. The molecule has 0 bridgehead atoms. The van der Waals surface area contributed by atoms with Crippen LogP contribution in [0.4, 0.5) is 17.1 Å². The average molecular weight is 591 g/mol. The molecule has 28 heavy (non-hydrogen) atoms. The molecular weight excluding hydrogens is 576 g/mol. The molecule has 0 fully saturated rings. The molecule has 0 unspecified atom stereocenters. The molecule has 0 spiro atoms. The van der Waals surface area contributed by atoms with Gasteiger partial charge in [-0.05, 0) is 81.7 Å². The number of hydrogen-bond donors (Lipinski definition) is 4. The molecule has 0 radical (unpaired) electrons. The SMILES string of the molecule is CC1(C)C(=O)NC(=O)c2c1ccc(NC(=S)Nc1c(Br)cc(Br)cc1Br)c2N. The number of anilines is 3. The molecule has 2 aromatic rings. The summed E-state index contributed by atoms with van der Waals surface area (Å²) in [5, 5.41) is 8.76. The number of carbonyl (C=O) groups excluding carboxylic acids is 2. The molecule has 0 aromatic heterocycles. The van der Waals surface area contributed by atoms with Crippen LogP contribution in [0.1, 0.15) is 29.8 Å². The van der Waals surface area contributed by atoms with Crippen molar-refractivity contribution in [3.8, 4) is 0 Å². The summed E-state index contributed by atoms with van der Waals surface area (Å²) >= 11 is 15.8. The maximum Gasteiger partial charge on any atom is 0.260 e. The van der Waals surface area contributed by atoms with Crippen molar-refractivity contribution in [3.05, 3.63) is 48.8 Å². The molecular formula is C18H15Br3N4O2S. The molecule has 0 saturated carbocycles. The number of rotatable bonds is 2. The van der Waals surface area contributed by atoms with Crippen molar-refractivity contribution in [2.45, 2.75) is 19.3 Å². The Kier molecular flexibility index (Phi) is 5.86. The Morgan fingerprint density at radius 2 is 1.71 bits per heavy atom. The van der Waals surface area contributed by atoms with Gasteiger partial charge in [0.2, 0.25) is 5.91 Å². The maximum absolute atomic E-state index is 12.3. The lowest BCUT2D eigenvalue weighted by Crippen LogP contribution is -2.49. The van der Waals surface area contributed by atoms with Crippen LogP contribution in [0.25, 0.3) is 0 Å². The standard InChI is InChI=1S/C18H15Br3N4O2S/c1-18(2)8-3-4-11(13(22)12(8)15(26)25-16(18)27)23-17(28)24-14-9(20)5-7(19)6-10(14)21/h3-6H,22H2,1-2H3,(H2,23,24,28)(H,25,26,27). The second-order valence-electron chi connectivity index (χ2n) is 6.68. The largest absolute Gasteiger partial charge is 0.396 e. The summed E-state index contributed by atoms with van der Waals surface area (Å²) in [6, 6.07) is 7.19. The van der Waals surface area contributed by atoms with Gasteiger partial charge in [-0.25, -0.2) is 0 Å². The average Bonchev–Trinajstić information content (AvgIpc) is 2.58. The molecule has 1 aliphatic heterocycles. The van der Waals surface area contributed by atoms with Gasteiger partial charge in [-0.1, -0.05) is 22.0 Å². The van der Waals surface area contributed by atoms with Gasteiger partial charge in [0.25, 0.3) is 5.91 Å². The fraction of sp³-hybridized carbons (Fsp3) is 0.167. The Morgan fingerprint density at radius 1 is 1.11 bits per heavy atom. The van der Waals surface area contributed by atoms with Crippen LogP contribution in [0, 0.1) is 0 Å². The van der Waals surface area contributed by atoms with Crippen LogP contribution in [-0.2, 0) is 10.2 Å². The third-order valence-corrected chi connectivity index (χ3v) is 6.35. The maximum atomic E-state index is 12.3. The first-order valence-electron chi connectivity index (χ1n) is 8.03. The van der Waals surface area contributed by atoms with E-state index in [2.05, 4.69) is 63.7 Å². The second-order valence-corrected chi connectivity index (χ2v) is 9.71. The molecule has 3 rings (SSSR count). The topological polar surface area (TPSA) is 96.2 Å². The molecule has 1 heterocycles. The third-order valence-electron chi connectivity index (χ3n) is 4.43. The minimum Gasteiger partial charge on any atom is -0.396 e. The van der Waals surface area contributed by atoms with Gasteiger partial charge >= 0.3 is 0 Å². The summed E-state index contributed by atoms with van der Waals surface area (Å²) in [5.74, 6) is -0.870. The lowest BCUT2D eigenvalue weighted by molar-refractivity contribution is -0.125. The molecule has 0 atom stereocenters. The highest BCUT2D eigenvalue weighted by Crippen LogP contribution is 2.38. The van der Waals surface area contributed by atoms with Crippen molar-refractivity contribution >= 4 is 94.0 Å². The monoisotopic (exact) mass is 588 g/mol. The molecule has 0 aliphatic carbocycles. The van der Waals surface area contributed by atoms with Gasteiger partial charge in [0.1, 0.15) is 0 Å². The van der Waals surface area contributed by atoms with Gasteiger partial charge in [0, 0.05) is 13.4 Å². The molecule has 10 heteroatoms. The minimum atomic E-state index is -0.859. The number of nitrogens with two attached hydrogens (primary N) is 1. The van der Waals surface area contributed by atoms with Crippen LogP contribution in [0.15, 0.2) is 37.7 Å². The van der Waals surface area contributed by atoms with Gasteiger partial charge in [0.05, 0.1) is 28.0 Å². The van der Waals surface area contributed by atoms with Gasteiger partial charge in [0.15, 0.2) is 5.11 Å². The van der Waals surface area contributed by atoms with Gasteiger partial charge in [-0.3, -0.25) is 14.9 Å². The number of nitrogens with one attached hydrogen (secondary N) is 3. The van der Waals surface area contributed by atoms with Crippen LogP contribution in [-0.4, -0.2) is 16.9 Å². The normalized spacial score (nSPS) is 14.9. The highest BCUT2D eigenvalue weighted by molar-refractivity contribution is 9.11. The first kappa shape index (κ1) is 21.2. The zero-order valence-electron chi connectivity index (χ0n) is 14.7. The zero-order chi connectivity index (χ0) is 20.8. The quantitative estimate of drug-likeness (QED) is 0.225. The number of nitrogen functional groups attached to an aromatic ring is 1. The van der Waals surface area contributed by atoms with Crippen molar-refractivity contribution in [1.29, 1.82) is 0 Å². The van der Waals surface area contributed by atoms with Crippen molar-refractivity contribution in [2.75, 3.05) is 16.4 Å². The van der Waals surface area contributed by atoms with E-state index in [0.29, 0.717) is 16.4 Å². The van der Waals surface area contributed by atoms with Crippen LogP contribution in [0.5, 0.6) is 0 Å². The third kappa shape index (κ3) is 3.83. The van der Waals surface area contributed by atoms with E-state index >= 15 is 0 Å². The van der Waals surface area contributed by atoms with Crippen molar-refractivity contribution in [1.82, 2.24) is 5.32 Å². The van der Waals surface area contributed by atoms with Crippen LogP contribution >= 0.6 is 60.0 Å². The highest BCUT2D eigenvalue weighted by atomic mass is 79.9. The summed E-state index contributed by atoms with van der Waals surface area (Å²) in [6.07, 6.45) is 0. The van der Waals surface area contributed by atoms with E-state index in [1.165, 1.54) is 0 Å². The van der Waals surface area contributed by atoms with Crippen molar-refractivity contribution < 1.29 is 9.59 Å². The molecule has 6 nitrogen and oxygen atoms in total.